The molecule has 0 fully saturated rings. The van der Waals surface area contributed by atoms with E-state index in [1.807, 2.05) is 30.3 Å². The van der Waals surface area contributed by atoms with E-state index in [0.29, 0.717) is 28.5 Å². The predicted molar refractivity (Wildman–Crippen MR) is 96.1 cm³/mol. The highest BCUT2D eigenvalue weighted by Crippen LogP contribution is 2.24. The van der Waals surface area contributed by atoms with Crippen molar-refractivity contribution in [2.75, 3.05) is 5.32 Å². The highest BCUT2D eigenvalue weighted by molar-refractivity contribution is 5.95. The second kappa shape index (κ2) is 7.65. The zero-order valence-electron chi connectivity index (χ0n) is 14.4. The Bertz CT molecular complexity index is 901. The third-order valence-corrected chi connectivity index (χ3v) is 3.73. The maximum absolute atomic E-state index is 12.7. The van der Waals surface area contributed by atoms with Crippen molar-refractivity contribution in [3.8, 4) is 5.75 Å². The first-order chi connectivity index (χ1) is 12.5. The number of anilines is 1. The summed E-state index contributed by atoms with van der Waals surface area (Å²) in [5.74, 6) is 0.993. The van der Waals surface area contributed by atoms with Gasteiger partial charge in [0.2, 0.25) is 6.10 Å². The third-order valence-electron chi connectivity index (χ3n) is 3.73. The van der Waals surface area contributed by atoms with Gasteiger partial charge in [0.1, 0.15) is 11.5 Å². The molecule has 26 heavy (non-hydrogen) atoms. The lowest BCUT2D eigenvalue weighted by atomic mass is 10.1. The molecule has 0 aliphatic carbocycles. The van der Waals surface area contributed by atoms with E-state index in [4.69, 9.17) is 9.26 Å². The van der Waals surface area contributed by atoms with Crippen molar-refractivity contribution in [3.63, 3.8) is 0 Å². The Morgan fingerprint density at radius 3 is 2.35 bits per heavy atom. The summed E-state index contributed by atoms with van der Waals surface area (Å²) < 4.78 is 10.9. The molecule has 1 aromatic heterocycles. The minimum Gasteiger partial charge on any atom is -0.476 e. The van der Waals surface area contributed by atoms with Gasteiger partial charge in [-0.2, -0.15) is 0 Å². The molecule has 6 heteroatoms. The van der Waals surface area contributed by atoms with Crippen molar-refractivity contribution in [2.24, 2.45) is 0 Å². The number of nitrogens with one attached hydrogen (secondary N) is 1. The average molecular weight is 350 g/mol. The van der Waals surface area contributed by atoms with Crippen LogP contribution in [-0.4, -0.2) is 16.8 Å². The van der Waals surface area contributed by atoms with Crippen LogP contribution in [0.15, 0.2) is 65.2 Å². The smallest absolute Gasteiger partial charge is 0.271 e. The van der Waals surface area contributed by atoms with Gasteiger partial charge in [-0.25, -0.2) is 0 Å². The second-order valence-corrected chi connectivity index (χ2v) is 5.80. The number of Topliss-reactive ketones (excluding diaryl/α,β-unsaturated/α-hetero) is 1. The molecule has 3 aromatic rings. The molecule has 1 amide bonds. The van der Waals surface area contributed by atoms with Crippen molar-refractivity contribution in [2.45, 2.75) is 20.0 Å². The first-order valence-electron chi connectivity index (χ1n) is 8.10. The van der Waals surface area contributed by atoms with E-state index in [9.17, 15) is 9.59 Å². The lowest BCUT2D eigenvalue weighted by Crippen LogP contribution is -2.25. The zero-order chi connectivity index (χ0) is 18.5. The Labute approximate surface area is 150 Å². The molecular weight excluding hydrogens is 332 g/mol. The van der Waals surface area contributed by atoms with E-state index in [1.54, 1.807) is 37.3 Å². The van der Waals surface area contributed by atoms with Crippen molar-refractivity contribution in [3.05, 3.63) is 77.6 Å². The van der Waals surface area contributed by atoms with Gasteiger partial charge in [0.15, 0.2) is 11.6 Å². The van der Waals surface area contributed by atoms with Gasteiger partial charge in [0.25, 0.3) is 5.91 Å². The van der Waals surface area contributed by atoms with Gasteiger partial charge in [-0.05, 0) is 38.1 Å². The Balaban J connectivity index is 1.83. The topological polar surface area (TPSA) is 81.4 Å². The molecule has 2 aromatic carbocycles. The number of nitrogens with zero attached hydrogens (tertiary/aromatic N) is 1. The normalized spacial score (nSPS) is 11.6. The maximum Gasteiger partial charge on any atom is 0.271 e. The highest BCUT2D eigenvalue weighted by atomic mass is 16.5. The molecule has 0 saturated heterocycles. The largest absolute Gasteiger partial charge is 0.476 e. The number of carbonyl (C=O) groups excluding carboxylic acids is 2. The lowest BCUT2D eigenvalue weighted by molar-refractivity contribution is -0.123. The number of aromatic nitrogens is 1. The van der Waals surface area contributed by atoms with Crippen LogP contribution in [0.3, 0.4) is 0 Å². The first-order valence-corrected chi connectivity index (χ1v) is 8.10. The average Bonchev–Trinajstić information content (AvgIpc) is 3.05. The predicted octanol–water partition coefficient (Wildman–Crippen LogP) is 3.94. The highest BCUT2D eigenvalue weighted by Gasteiger charge is 2.24. The Kier molecular flexibility index (Phi) is 5.12. The molecule has 0 aliphatic heterocycles. The molecule has 0 saturated carbocycles. The van der Waals surface area contributed by atoms with Crippen LogP contribution in [0.1, 0.15) is 34.7 Å². The van der Waals surface area contributed by atoms with Crippen LogP contribution in [0.2, 0.25) is 0 Å². The van der Waals surface area contributed by atoms with Crippen molar-refractivity contribution in [1.29, 1.82) is 0 Å². The number of hydrogen-bond acceptors (Lipinski definition) is 5. The number of amides is 1. The van der Waals surface area contributed by atoms with Gasteiger partial charge in [0.05, 0.1) is 0 Å². The summed E-state index contributed by atoms with van der Waals surface area (Å²) in [5.41, 5.74) is 1.27. The van der Waals surface area contributed by atoms with Crippen LogP contribution in [0.25, 0.3) is 0 Å². The van der Waals surface area contributed by atoms with E-state index in [1.165, 1.54) is 6.92 Å². The summed E-state index contributed by atoms with van der Waals surface area (Å²) in [7, 11) is 0. The quantitative estimate of drug-likeness (QED) is 0.681. The molecule has 0 bridgehead atoms. The summed E-state index contributed by atoms with van der Waals surface area (Å²) in [6.07, 6.45) is -0.878. The standard InChI is InChI=1S/C20H18N2O4/c1-13-12-18(22-26-13)21-20(24)19(16-6-4-3-5-7-16)25-17-10-8-15(9-11-17)14(2)23/h3-12,19H,1-2H3,(H,21,22,24). The molecule has 1 N–H and O–H groups in total. The second-order valence-electron chi connectivity index (χ2n) is 5.80. The number of carbonyl (C=O) groups is 2. The molecule has 0 aliphatic rings. The van der Waals surface area contributed by atoms with E-state index in [0.717, 1.165) is 0 Å². The summed E-state index contributed by atoms with van der Waals surface area (Å²) in [6, 6.07) is 17.4. The molecule has 1 heterocycles. The number of hydrogen-bond donors (Lipinski definition) is 1. The molecule has 0 spiro atoms. The summed E-state index contributed by atoms with van der Waals surface area (Å²) in [4.78, 5) is 24.1. The van der Waals surface area contributed by atoms with Gasteiger partial charge in [0, 0.05) is 17.2 Å². The summed E-state index contributed by atoms with van der Waals surface area (Å²) in [6.45, 7) is 3.24. The first kappa shape index (κ1) is 17.4. The minimum absolute atomic E-state index is 0.0321. The maximum atomic E-state index is 12.7. The van der Waals surface area contributed by atoms with Crippen molar-refractivity contribution >= 4 is 17.5 Å². The summed E-state index contributed by atoms with van der Waals surface area (Å²) >= 11 is 0. The lowest BCUT2D eigenvalue weighted by Gasteiger charge is -2.18. The van der Waals surface area contributed by atoms with Crippen LogP contribution >= 0.6 is 0 Å². The van der Waals surface area contributed by atoms with E-state index < -0.39 is 6.10 Å². The molecule has 0 radical (unpaired) electrons. The fraction of sp³-hybridized carbons (Fsp3) is 0.150. The molecule has 6 nitrogen and oxygen atoms in total. The van der Waals surface area contributed by atoms with E-state index in [-0.39, 0.29) is 11.7 Å². The summed E-state index contributed by atoms with van der Waals surface area (Å²) in [5, 5.41) is 6.46. The third kappa shape index (κ3) is 4.16. The molecule has 1 atom stereocenters. The number of benzene rings is 2. The van der Waals surface area contributed by atoms with Crippen LogP contribution in [0, 0.1) is 6.92 Å². The van der Waals surface area contributed by atoms with E-state index in [2.05, 4.69) is 10.5 Å². The number of aryl methyl sites for hydroxylation is 1. The Hall–Kier alpha value is -3.41. The zero-order valence-corrected chi connectivity index (χ0v) is 14.4. The molecule has 1 unspecified atom stereocenters. The van der Waals surface area contributed by atoms with Crippen molar-refractivity contribution in [1.82, 2.24) is 5.16 Å². The number of ketones is 1. The number of ether oxygens (including phenoxy) is 1. The SMILES string of the molecule is CC(=O)c1ccc(OC(C(=O)Nc2cc(C)on2)c2ccccc2)cc1. The van der Waals surface area contributed by atoms with Crippen LogP contribution in [0.4, 0.5) is 5.82 Å². The fourth-order valence-electron chi connectivity index (χ4n) is 2.42. The molecule has 132 valence electrons. The Morgan fingerprint density at radius 2 is 1.77 bits per heavy atom. The van der Waals surface area contributed by atoms with Gasteiger partial charge >= 0.3 is 0 Å². The molecule has 3 rings (SSSR count). The van der Waals surface area contributed by atoms with Gasteiger partial charge in [-0.1, -0.05) is 35.5 Å². The van der Waals surface area contributed by atoms with Gasteiger partial charge < -0.3 is 14.6 Å². The molecular formula is C20H18N2O4. The van der Waals surface area contributed by atoms with Crippen LogP contribution in [0.5, 0.6) is 5.75 Å². The van der Waals surface area contributed by atoms with E-state index >= 15 is 0 Å². The van der Waals surface area contributed by atoms with Crippen LogP contribution in [-0.2, 0) is 4.79 Å². The minimum atomic E-state index is -0.878. The monoisotopic (exact) mass is 350 g/mol. The van der Waals surface area contributed by atoms with Gasteiger partial charge in [-0.3, -0.25) is 9.59 Å². The van der Waals surface area contributed by atoms with Crippen molar-refractivity contribution < 1.29 is 18.8 Å². The van der Waals surface area contributed by atoms with Crippen LogP contribution < -0.4 is 10.1 Å². The fourth-order valence-corrected chi connectivity index (χ4v) is 2.42. The number of rotatable bonds is 6. The van der Waals surface area contributed by atoms with Gasteiger partial charge in [-0.15, -0.1) is 0 Å². The Morgan fingerprint density at radius 1 is 1.08 bits per heavy atom.